The third-order valence-electron chi connectivity index (χ3n) is 7.82. The topological polar surface area (TPSA) is 220 Å². The van der Waals surface area contributed by atoms with E-state index in [2.05, 4.69) is 16.0 Å². The van der Waals surface area contributed by atoms with E-state index in [1.807, 2.05) is 30.3 Å². The van der Waals surface area contributed by atoms with Crippen LogP contribution in [0.3, 0.4) is 0 Å². The molecule has 3 amide bonds. The van der Waals surface area contributed by atoms with Crippen LogP contribution in [0.4, 0.5) is 0 Å². The van der Waals surface area contributed by atoms with E-state index < -0.39 is 54.5 Å². The molecule has 3 N–H and O–H groups in total. The molecule has 1 aliphatic heterocycles. The van der Waals surface area contributed by atoms with Gasteiger partial charge in [-0.1, -0.05) is 43.2 Å². The highest BCUT2D eigenvalue weighted by Gasteiger charge is 2.51. The summed E-state index contributed by atoms with van der Waals surface area (Å²) in [5, 5.41) is 8.22. The van der Waals surface area contributed by atoms with Crippen molar-refractivity contribution in [3.8, 4) is 0 Å². The summed E-state index contributed by atoms with van der Waals surface area (Å²) in [5.41, 5.74) is 0.900. The van der Waals surface area contributed by atoms with Crippen LogP contribution >= 0.6 is 0 Å². The van der Waals surface area contributed by atoms with Crippen molar-refractivity contribution in [1.29, 1.82) is 0 Å². The van der Waals surface area contributed by atoms with E-state index in [9.17, 15) is 33.6 Å². The molecule has 0 aromatic heterocycles. The third kappa shape index (κ3) is 20.0. The van der Waals surface area contributed by atoms with Gasteiger partial charge in [0.05, 0.1) is 13.2 Å². The molecule has 5 unspecified atom stereocenters. The summed E-state index contributed by atoms with van der Waals surface area (Å²) in [6.45, 7) is 6.13. The number of nitrogens with one attached hydrogen (secondary N) is 3. The molecule has 5 atom stereocenters. The predicted molar refractivity (Wildman–Crippen MR) is 190 cm³/mol. The van der Waals surface area contributed by atoms with Crippen LogP contribution in [0.2, 0.25) is 0 Å². The van der Waals surface area contributed by atoms with Crippen LogP contribution < -0.4 is 16.0 Å². The molecule has 0 spiro atoms. The number of ether oxygens (including phenoxy) is 7. The Hall–Kier alpha value is -4.61. The molecule has 0 bridgehead atoms. The van der Waals surface area contributed by atoms with Gasteiger partial charge in [-0.25, -0.2) is 0 Å². The number of hydrogen-bond acceptors (Lipinski definition) is 14. The van der Waals surface area contributed by atoms with Crippen LogP contribution in [0.25, 0.3) is 0 Å². The third-order valence-corrected chi connectivity index (χ3v) is 7.82. The summed E-state index contributed by atoms with van der Waals surface area (Å²) in [7, 11) is 0. The lowest BCUT2D eigenvalue weighted by atomic mass is 9.96. The lowest BCUT2D eigenvalue weighted by molar-refractivity contribution is -0.277. The Kier molecular flexibility index (Phi) is 22.1. The number of esters is 4. The highest BCUT2D eigenvalue weighted by Crippen LogP contribution is 2.28. The summed E-state index contributed by atoms with van der Waals surface area (Å²) >= 11 is 0. The molecule has 0 radical (unpaired) electrons. The van der Waals surface area contributed by atoms with E-state index in [-0.39, 0.29) is 70.1 Å². The van der Waals surface area contributed by atoms with Crippen molar-refractivity contribution < 1.29 is 66.7 Å². The average Bonchev–Trinajstić information content (AvgIpc) is 3.11. The Morgan fingerprint density at radius 3 is 2.02 bits per heavy atom. The Balaban J connectivity index is 1.58. The predicted octanol–water partition coefficient (Wildman–Crippen LogP) is 1.77. The minimum Gasteiger partial charge on any atom is -0.463 e. The fourth-order valence-electron chi connectivity index (χ4n) is 5.35. The first-order valence-corrected chi connectivity index (χ1v) is 18.2. The van der Waals surface area contributed by atoms with Crippen LogP contribution in [0.15, 0.2) is 30.3 Å². The van der Waals surface area contributed by atoms with Gasteiger partial charge in [0.25, 0.3) is 0 Å². The van der Waals surface area contributed by atoms with E-state index in [0.717, 1.165) is 31.7 Å². The van der Waals surface area contributed by atoms with Crippen LogP contribution in [-0.2, 0) is 73.3 Å². The Labute approximate surface area is 315 Å². The first-order chi connectivity index (χ1) is 25.8. The van der Waals surface area contributed by atoms with Gasteiger partial charge in [-0.15, -0.1) is 0 Å². The number of hydrogen-bond donors (Lipinski definition) is 3. The molecule has 0 aliphatic carbocycles. The summed E-state index contributed by atoms with van der Waals surface area (Å²) < 4.78 is 38.5. The molecule has 54 heavy (non-hydrogen) atoms. The van der Waals surface area contributed by atoms with Gasteiger partial charge in [-0.2, -0.15) is 0 Å². The van der Waals surface area contributed by atoms with Crippen molar-refractivity contribution in [3.05, 3.63) is 35.9 Å². The molecule has 1 aromatic carbocycles. The molecule has 0 saturated carbocycles. The number of benzene rings is 1. The SMILES string of the molecule is CC(=O)NC1C(OCCCCCCNC(=O)CCOCCNC(=O)CCCC(=O)OCc2ccccc2)OC(COC(C)=O)C(OC(C)=O)C1OC(C)=O. The van der Waals surface area contributed by atoms with Crippen LogP contribution in [-0.4, -0.2) is 112 Å². The second-order valence-electron chi connectivity index (χ2n) is 12.6. The van der Waals surface area contributed by atoms with E-state index >= 15 is 0 Å². The van der Waals surface area contributed by atoms with Gasteiger partial charge in [-0.3, -0.25) is 33.6 Å². The first-order valence-electron chi connectivity index (χ1n) is 18.2. The standard InChI is InChI=1S/C37H55N3O14/c1-25(41)40-34-36(53-28(4)44)35(52-27(3)43)30(24-50-26(2)42)54-37(34)49-20-11-6-5-10-18-38-32(46)17-21-48-22-19-39-31(45)15-12-16-33(47)51-23-29-13-8-7-9-14-29/h7-9,13-14,30,34-37H,5-6,10-12,15-24H2,1-4H3,(H,38,46)(H,39,45)(H,40,41). The number of carbonyl (C=O) groups excluding carboxylic acids is 7. The number of unbranched alkanes of at least 4 members (excludes halogenated alkanes) is 3. The second-order valence-corrected chi connectivity index (χ2v) is 12.6. The van der Waals surface area contributed by atoms with Gasteiger partial charge in [0.2, 0.25) is 17.7 Å². The van der Waals surface area contributed by atoms with Gasteiger partial charge >= 0.3 is 23.9 Å². The van der Waals surface area contributed by atoms with Gasteiger partial charge < -0.3 is 49.1 Å². The number of amides is 3. The lowest BCUT2D eigenvalue weighted by Gasteiger charge is -2.44. The molecule has 17 heteroatoms. The van der Waals surface area contributed by atoms with Crippen molar-refractivity contribution in [2.24, 2.45) is 0 Å². The normalized spacial score (nSPS) is 19.1. The largest absolute Gasteiger partial charge is 0.463 e. The number of rotatable bonds is 25. The molecule has 1 aromatic rings. The summed E-state index contributed by atoms with van der Waals surface area (Å²) in [4.78, 5) is 83.4. The van der Waals surface area contributed by atoms with Gasteiger partial charge in [0.15, 0.2) is 18.5 Å². The molecule has 1 heterocycles. The maximum atomic E-state index is 12.1. The zero-order valence-corrected chi connectivity index (χ0v) is 31.6. The highest BCUT2D eigenvalue weighted by atomic mass is 16.7. The smallest absolute Gasteiger partial charge is 0.306 e. The van der Waals surface area contributed by atoms with Crippen LogP contribution in [0, 0.1) is 0 Å². The molecule has 2 rings (SSSR count). The molecule has 1 aliphatic rings. The minimum atomic E-state index is -1.19. The molecule has 1 fully saturated rings. The van der Waals surface area contributed by atoms with Gasteiger partial charge in [-0.05, 0) is 24.8 Å². The monoisotopic (exact) mass is 765 g/mol. The Bertz CT molecular complexity index is 1340. The van der Waals surface area contributed by atoms with Gasteiger partial charge in [0, 0.05) is 66.7 Å². The van der Waals surface area contributed by atoms with Crippen LogP contribution in [0.5, 0.6) is 0 Å². The lowest BCUT2D eigenvalue weighted by Crippen LogP contribution is -2.66. The fraction of sp³-hybridized carbons (Fsp3) is 0.649. The van der Waals surface area contributed by atoms with Gasteiger partial charge in [0.1, 0.15) is 25.4 Å². The van der Waals surface area contributed by atoms with E-state index in [4.69, 9.17) is 33.2 Å². The molecular weight excluding hydrogens is 710 g/mol. The van der Waals surface area contributed by atoms with Crippen molar-refractivity contribution in [2.45, 2.75) is 116 Å². The molecular formula is C37H55N3O14. The zero-order valence-electron chi connectivity index (χ0n) is 31.6. The van der Waals surface area contributed by atoms with Crippen molar-refractivity contribution in [2.75, 3.05) is 39.5 Å². The fourth-order valence-corrected chi connectivity index (χ4v) is 5.35. The van der Waals surface area contributed by atoms with Crippen molar-refractivity contribution >= 4 is 41.6 Å². The second kappa shape index (κ2) is 26.2. The minimum absolute atomic E-state index is 0.154. The summed E-state index contributed by atoms with van der Waals surface area (Å²) in [6.07, 6.45) is -0.764. The molecule has 302 valence electrons. The maximum absolute atomic E-state index is 12.1. The molecule has 17 nitrogen and oxygen atoms in total. The maximum Gasteiger partial charge on any atom is 0.306 e. The Morgan fingerprint density at radius 2 is 1.33 bits per heavy atom. The summed E-state index contributed by atoms with van der Waals surface area (Å²) in [6, 6.07) is 8.33. The quantitative estimate of drug-likeness (QED) is 0.0734. The van der Waals surface area contributed by atoms with Crippen molar-refractivity contribution in [1.82, 2.24) is 16.0 Å². The van der Waals surface area contributed by atoms with E-state index in [0.29, 0.717) is 25.9 Å². The Morgan fingerprint density at radius 1 is 0.667 bits per heavy atom. The number of carbonyl (C=O) groups is 7. The van der Waals surface area contributed by atoms with Crippen LogP contribution in [0.1, 0.15) is 84.6 Å². The zero-order chi connectivity index (χ0) is 39.7. The average molecular weight is 766 g/mol. The van der Waals surface area contributed by atoms with E-state index in [1.165, 1.54) is 20.8 Å². The van der Waals surface area contributed by atoms with Crippen molar-refractivity contribution in [3.63, 3.8) is 0 Å². The first kappa shape index (κ1) is 45.5. The molecule has 1 saturated heterocycles. The van der Waals surface area contributed by atoms with E-state index in [1.54, 1.807) is 0 Å². The highest BCUT2D eigenvalue weighted by molar-refractivity contribution is 5.77. The summed E-state index contributed by atoms with van der Waals surface area (Å²) in [5.74, 6) is -3.15.